The number of carbonyl (C=O) groups excluding carboxylic acids is 2. The Balaban J connectivity index is 3.46. The Kier molecular flexibility index (Phi) is 56.5. The summed E-state index contributed by atoms with van der Waals surface area (Å²) >= 11 is 0. The molecule has 69 heavy (non-hydrogen) atoms. The zero-order valence-corrected chi connectivity index (χ0v) is 46.0. The Morgan fingerprint density at radius 1 is 0.406 bits per heavy atom. The molecule has 0 aromatic rings. The van der Waals surface area contributed by atoms with E-state index in [4.69, 9.17) is 4.74 Å². The van der Waals surface area contributed by atoms with E-state index in [1.165, 1.54) is 238 Å². The van der Waals surface area contributed by atoms with Gasteiger partial charge in [-0.3, -0.25) is 9.59 Å². The topological polar surface area (TPSA) is 95.9 Å². The smallest absolute Gasteiger partial charge is 0.305 e. The van der Waals surface area contributed by atoms with E-state index in [9.17, 15) is 19.8 Å². The molecular formula is C63H117NO5. The van der Waals surface area contributed by atoms with Gasteiger partial charge in [0.05, 0.1) is 25.4 Å². The number of aliphatic hydroxyl groups is 2. The van der Waals surface area contributed by atoms with E-state index in [0.717, 1.165) is 51.4 Å². The van der Waals surface area contributed by atoms with E-state index in [1.807, 2.05) is 6.08 Å². The van der Waals surface area contributed by atoms with Gasteiger partial charge < -0.3 is 20.3 Å². The molecule has 0 aliphatic carbocycles. The number of hydrogen-bond donors (Lipinski definition) is 3. The van der Waals surface area contributed by atoms with Crippen LogP contribution in [0.15, 0.2) is 48.6 Å². The second kappa shape index (κ2) is 58.4. The lowest BCUT2D eigenvalue weighted by Gasteiger charge is -2.20. The van der Waals surface area contributed by atoms with Crippen LogP contribution in [0, 0.1) is 0 Å². The Hall–Kier alpha value is -2.18. The third-order valence-corrected chi connectivity index (χ3v) is 13.8. The highest BCUT2D eigenvalue weighted by Crippen LogP contribution is 2.16. The summed E-state index contributed by atoms with van der Waals surface area (Å²) in [6.07, 6.45) is 74.5. The fraction of sp³-hybridized carbons (Fsp3) is 0.841. The maximum absolute atomic E-state index is 12.4. The lowest BCUT2D eigenvalue weighted by molar-refractivity contribution is -0.143. The summed E-state index contributed by atoms with van der Waals surface area (Å²) in [5, 5.41) is 23.1. The van der Waals surface area contributed by atoms with Crippen molar-refractivity contribution in [1.29, 1.82) is 0 Å². The van der Waals surface area contributed by atoms with Gasteiger partial charge in [0.2, 0.25) is 5.91 Å². The molecule has 0 aliphatic heterocycles. The van der Waals surface area contributed by atoms with Crippen LogP contribution >= 0.6 is 0 Å². The van der Waals surface area contributed by atoms with Gasteiger partial charge in [-0.2, -0.15) is 0 Å². The van der Waals surface area contributed by atoms with E-state index >= 15 is 0 Å². The first-order valence-electron chi connectivity index (χ1n) is 30.4. The Labute approximate surface area is 429 Å². The van der Waals surface area contributed by atoms with Crippen LogP contribution in [0.1, 0.15) is 316 Å². The van der Waals surface area contributed by atoms with Gasteiger partial charge in [0.1, 0.15) is 0 Å². The summed E-state index contributed by atoms with van der Waals surface area (Å²) < 4.78 is 5.43. The van der Waals surface area contributed by atoms with Gasteiger partial charge >= 0.3 is 5.97 Å². The molecule has 0 saturated carbocycles. The summed E-state index contributed by atoms with van der Waals surface area (Å²) in [4.78, 5) is 24.5. The van der Waals surface area contributed by atoms with Gasteiger partial charge in [0.15, 0.2) is 0 Å². The number of nitrogens with one attached hydrogen (secondary N) is 1. The quantitative estimate of drug-likeness (QED) is 0.0321. The predicted molar refractivity (Wildman–Crippen MR) is 301 cm³/mol. The van der Waals surface area contributed by atoms with E-state index in [0.29, 0.717) is 19.4 Å². The summed E-state index contributed by atoms with van der Waals surface area (Å²) in [5.74, 6) is -0.112. The van der Waals surface area contributed by atoms with Crippen LogP contribution in [0.2, 0.25) is 0 Å². The van der Waals surface area contributed by atoms with Crippen LogP contribution in [0.25, 0.3) is 0 Å². The number of carbonyl (C=O) groups is 2. The number of allylic oxidation sites excluding steroid dienone is 6. The molecule has 0 rings (SSSR count). The highest BCUT2D eigenvalue weighted by molar-refractivity contribution is 5.76. The van der Waals surface area contributed by atoms with E-state index in [2.05, 4.69) is 55.6 Å². The maximum Gasteiger partial charge on any atom is 0.305 e. The summed E-state index contributed by atoms with van der Waals surface area (Å²) in [7, 11) is 0. The molecule has 0 aromatic heterocycles. The Bertz CT molecular complexity index is 1160. The number of amides is 1. The van der Waals surface area contributed by atoms with Crippen molar-refractivity contribution in [2.75, 3.05) is 13.2 Å². The summed E-state index contributed by atoms with van der Waals surface area (Å²) in [5.41, 5.74) is 0. The molecular weight excluding hydrogens is 851 g/mol. The lowest BCUT2D eigenvalue weighted by Crippen LogP contribution is -2.45. The van der Waals surface area contributed by atoms with E-state index in [-0.39, 0.29) is 18.5 Å². The minimum atomic E-state index is -0.848. The fourth-order valence-electron chi connectivity index (χ4n) is 9.17. The molecule has 2 atom stereocenters. The van der Waals surface area contributed by atoms with Crippen LogP contribution in [-0.4, -0.2) is 47.4 Å². The SMILES string of the molecule is CCCCCCCCC/C=C\CCCCCCCCCC(=O)OCC/C=C\C/C=C\CCCCCCCCCCCCCCCCC(=O)NC(CO)C(O)/C=C/CCCCCCCCCCCCC. The van der Waals surface area contributed by atoms with Crippen molar-refractivity contribution in [3.63, 3.8) is 0 Å². The zero-order valence-electron chi connectivity index (χ0n) is 46.0. The maximum atomic E-state index is 12.4. The minimum absolute atomic E-state index is 0.0391. The van der Waals surface area contributed by atoms with Crippen LogP contribution in [0.5, 0.6) is 0 Å². The third-order valence-electron chi connectivity index (χ3n) is 13.8. The molecule has 0 fully saturated rings. The van der Waals surface area contributed by atoms with Gasteiger partial charge in [-0.15, -0.1) is 0 Å². The van der Waals surface area contributed by atoms with Crippen molar-refractivity contribution < 1.29 is 24.5 Å². The molecule has 1 amide bonds. The number of rotatable bonds is 56. The van der Waals surface area contributed by atoms with Crippen molar-refractivity contribution in [2.45, 2.75) is 328 Å². The van der Waals surface area contributed by atoms with Gasteiger partial charge in [-0.05, 0) is 77.0 Å². The molecule has 0 radical (unpaired) electrons. The minimum Gasteiger partial charge on any atom is -0.465 e. The van der Waals surface area contributed by atoms with Crippen LogP contribution in [0.4, 0.5) is 0 Å². The first-order chi connectivity index (χ1) is 34.0. The fourth-order valence-corrected chi connectivity index (χ4v) is 9.17. The highest BCUT2D eigenvalue weighted by atomic mass is 16.5. The molecule has 3 N–H and O–H groups in total. The van der Waals surface area contributed by atoms with Crippen molar-refractivity contribution in [3.05, 3.63) is 48.6 Å². The lowest BCUT2D eigenvalue weighted by atomic mass is 10.0. The first-order valence-corrected chi connectivity index (χ1v) is 30.4. The molecule has 6 nitrogen and oxygen atoms in total. The summed E-state index contributed by atoms with van der Waals surface area (Å²) in [6, 6.07) is -0.632. The molecule has 0 saturated heterocycles. The van der Waals surface area contributed by atoms with Gasteiger partial charge in [-0.1, -0.05) is 274 Å². The molecule has 0 bridgehead atoms. The molecule has 0 aromatic carbocycles. The van der Waals surface area contributed by atoms with Crippen LogP contribution in [-0.2, 0) is 14.3 Å². The standard InChI is InChI=1S/C63H117NO5/c1-3-5-7-9-11-13-15-17-18-19-26-29-33-37-41-45-49-53-57-63(68)69-58-54-50-46-42-38-34-30-27-24-22-20-21-23-25-28-32-36-40-44-48-52-56-62(67)64-60(59-65)61(66)55-51-47-43-39-35-31-16-14-12-10-8-6-4-2/h18-19,34,38,46,50-51,55,60-61,65-66H,3-17,20-33,35-37,39-45,47-49,52-54,56-59H2,1-2H3,(H,64,67)/b19-18-,38-34-,50-46-,55-51+. The average molecular weight is 969 g/mol. The zero-order chi connectivity index (χ0) is 50.0. The number of esters is 1. The normalized spacial score (nSPS) is 12.9. The molecule has 0 aliphatic rings. The second-order valence-electron chi connectivity index (χ2n) is 20.7. The summed E-state index contributed by atoms with van der Waals surface area (Å²) in [6.45, 7) is 4.79. The molecule has 404 valence electrons. The van der Waals surface area contributed by atoms with Gasteiger partial charge in [0.25, 0.3) is 0 Å². The van der Waals surface area contributed by atoms with Crippen molar-refractivity contribution in [3.8, 4) is 0 Å². The van der Waals surface area contributed by atoms with Crippen molar-refractivity contribution in [1.82, 2.24) is 5.32 Å². The molecule has 6 heteroatoms. The number of ether oxygens (including phenoxy) is 1. The van der Waals surface area contributed by atoms with Crippen LogP contribution < -0.4 is 5.32 Å². The van der Waals surface area contributed by atoms with E-state index < -0.39 is 12.1 Å². The number of hydrogen-bond acceptors (Lipinski definition) is 5. The predicted octanol–water partition coefficient (Wildman–Crippen LogP) is 19.0. The third kappa shape index (κ3) is 55.0. The number of aliphatic hydroxyl groups excluding tert-OH is 2. The molecule has 0 spiro atoms. The highest BCUT2D eigenvalue weighted by Gasteiger charge is 2.18. The monoisotopic (exact) mass is 968 g/mol. The van der Waals surface area contributed by atoms with Crippen molar-refractivity contribution >= 4 is 11.9 Å². The van der Waals surface area contributed by atoms with Crippen LogP contribution in [0.3, 0.4) is 0 Å². The molecule has 0 heterocycles. The average Bonchev–Trinajstić information content (AvgIpc) is 3.35. The largest absolute Gasteiger partial charge is 0.465 e. The molecule has 2 unspecified atom stereocenters. The second-order valence-corrected chi connectivity index (χ2v) is 20.7. The number of unbranched alkanes of at least 4 members (excludes halogenated alkanes) is 39. The van der Waals surface area contributed by atoms with E-state index in [1.54, 1.807) is 6.08 Å². The Morgan fingerprint density at radius 2 is 0.725 bits per heavy atom. The van der Waals surface area contributed by atoms with Gasteiger partial charge in [-0.25, -0.2) is 0 Å². The van der Waals surface area contributed by atoms with Gasteiger partial charge in [0, 0.05) is 12.8 Å². The Morgan fingerprint density at radius 3 is 1.12 bits per heavy atom. The first kappa shape index (κ1) is 66.8. The van der Waals surface area contributed by atoms with Crippen molar-refractivity contribution in [2.24, 2.45) is 0 Å².